The first-order valence-corrected chi connectivity index (χ1v) is 10.2. The molecular formula is C23H25N3O4. The number of hydrogen-bond acceptors (Lipinski definition) is 5. The molecule has 0 saturated carbocycles. The average Bonchev–Trinajstić information content (AvgIpc) is 3.45. The quantitative estimate of drug-likeness (QED) is 0.728. The Morgan fingerprint density at radius 3 is 2.77 bits per heavy atom. The molecular weight excluding hydrogens is 382 g/mol. The molecule has 0 unspecified atom stereocenters. The molecule has 2 saturated heterocycles. The van der Waals surface area contributed by atoms with Crippen LogP contribution in [0.1, 0.15) is 22.6 Å². The third-order valence-electron chi connectivity index (χ3n) is 6.63. The first-order chi connectivity index (χ1) is 14.3. The van der Waals surface area contributed by atoms with Crippen molar-refractivity contribution >= 4 is 17.5 Å². The van der Waals surface area contributed by atoms with Gasteiger partial charge in [0.15, 0.2) is 5.76 Å². The molecule has 30 heavy (non-hydrogen) atoms. The van der Waals surface area contributed by atoms with Crippen LogP contribution in [0.4, 0.5) is 5.69 Å². The molecule has 3 aliphatic heterocycles. The number of ether oxygens (including phenoxy) is 1. The summed E-state index contributed by atoms with van der Waals surface area (Å²) in [6, 6.07) is 7.82. The molecule has 2 bridgehead atoms. The van der Waals surface area contributed by atoms with Crippen molar-refractivity contribution in [1.82, 2.24) is 10.1 Å². The summed E-state index contributed by atoms with van der Waals surface area (Å²) in [4.78, 5) is 30.2. The van der Waals surface area contributed by atoms with E-state index in [-0.39, 0.29) is 17.9 Å². The summed E-state index contributed by atoms with van der Waals surface area (Å²) in [6.07, 6.45) is 3.54. The van der Waals surface area contributed by atoms with E-state index in [4.69, 9.17) is 9.26 Å². The minimum Gasteiger partial charge on any atom is -0.360 e. The van der Waals surface area contributed by atoms with Crippen LogP contribution in [-0.4, -0.2) is 47.2 Å². The van der Waals surface area contributed by atoms with Crippen molar-refractivity contribution in [2.45, 2.75) is 39.0 Å². The molecule has 1 aromatic heterocycles. The number of anilines is 1. The Morgan fingerprint density at radius 2 is 2.07 bits per heavy atom. The number of aryl methyl sites for hydroxylation is 3. The minimum atomic E-state index is -0.732. The zero-order valence-electron chi connectivity index (χ0n) is 17.6. The fraction of sp³-hybridized carbons (Fsp3) is 0.435. The predicted molar refractivity (Wildman–Crippen MR) is 110 cm³/mol. The van der Waals surface area contributed by atoms with E-state index in [1.54, 1.807) is 16.8 Å². The highest BCUT2D eigenvalue weighted by Crippen LogP contribution is 2.53. The lowest BCUT2D eigenvalue weighted by Crippen LogP contribution is -2.44. The van der Waals surface area contributed by atoms with Crippen LogP contribution in [-0.2, 0) is 20.9 Å². The van der Waals surface area contributed by atoms with Crippen LogP contribution in [0, 0.1) is 32.6 Å². The summed E-state index contributed by atoms with van der Waals surface area (Å²) in [5.41, 5.74) is 3.20. The fourth-order valence-electron chi connectivity index (χ4n) is 4.95. The van der Waals surface area contributed by atoms with Crippen molar-refractivity contribution in [3.8, 4) is 0 Å². The monoisotopic (exact) mass is 407 g/mol. The van der Waals surface area contributed by atoms with Crippen molar-refractivity contribution in [1.29, 1.82) is 0 Å². The normalized spacial score (nSPS) is 29.0. The molecule has 5 rings (SSSR count). The maximum atomic E-state index is 13.5. The molecule has 0 aliphatic carbocycles. The van der Waals surface area contributed by atoms with Crippen molar-refractivity contribution in [2.75, 3.05) is 18.5 Å². The predicted octanol–water partition coefficient (Wildman–Crippen LogP) is 2.54. The van der Waals surface area contributed by atoms with E-state index in [1.807, 2.05) is 57.2 Å². The lowest BCUT2D eigenvalue weighted by Gasteiger charge is -2.27. The Labute approximate surface area is 175 Å². The van der Waals surface area contributed by atoms with Gasteiger partial charge in [0.2, 0.25) is 11.8 Å². The number of carbonyl (C=O) groups excluding carboxylic acids is 2. The Morgan fingerprint density at radius 1 is 1.27 bits per heavy atom. The van der Waals surface area contributed by atoms with Crippen LogP contribution in [0.2, 0.25) is 0 Å². The second-order valence-electron chi connectivity index (χ2n) is 8.72. The lowest BCUT2D eigenvalue weighted by atomic mass is 9.76. The van der Waals surface area contributed by atoms with Crippen LogP contribution in [0.5, 0.6) is 0 Å². The molecule has 156 valence electrons. The lowest BCUT2D eigenvalue weighted by molar-refractivity contribution is -0.139. The molecule has 0 radical (unpaired) electrons. The Hall–Kier alpha value is -2.93. The van der Waals surface area contributed by atoms with E-state index >= 15 is 0 Å². The Bertz CT molecular complexity index is 1070. The van der Waals surface area contributed by atoms with Gasteiger partial charge < -0.3 is 19.1 Å². The number of carbonyl (C=O) groups is 2. The van der Waals surface area contributed by atoms with Crippen LogP contribution in [0.15, 0.2) is 40.9 Å². The van der Waals surface area contributed by atoms with Crippen LogP contribution in [0.25, 0.3) is 0 Å². The van der Waals surface area contributed by atoms with Gasteiger partial charge in [-0.1, -0.05) is 23.4 Å². The molecule has 2 amide bonds. The van der Waals surface area contributed by atoms with Gasteiger partial charge in [0.1, 0.15) is 5.60 Å². The van der Waals surface area contributed by atoms with E-state index in [0.717, 1.165) is 16.9 Å². The number of hydrogen-bond donors (Lipinski definition) is 0. The summed E-state index contributed by atoms with van der Waals surface area (Å²) in [7, 11) is 1.73. The van der Waals surface area contributed by atoms with Crippen molar-refractivity contribution in [2.24, 2.45) is 11.8 Å². The number of benzene rings is 1. The van der Waals surface area contributed by atoms with Gasteiger partial charge in [0, 0.05) is 18.8 Å². The van der Waals surface area contributed by atoms with E-state index < -0.39 is 17.4 Å². The zero-order chi connectivity index (χ0) is 21.2. The second kappa shape index (κ2) is 6.54. The molecule has 4 atom stereocenters. The highest BCUT2D eigenvalue weighted by atomic mass is 16.5. The van der Waals surface area contributed by atoms with E-state index in [1.165, 1.54) is 5.56 Å². The van der Waals surface area contributed by atoms with Crippen molar-refractivity contribution in [3.05, 3.63) is 59.0 Å². The third kappa shape index (κ3) is 2.72. The second-order valence-corrected chi connectivity index (χ2v) is 8.72. The maximum absolute atomic E-state index is 13.5. The standard InChI is InChI=1S/C23H25N3O4/c1-13-5-6-16(9-14(13)2)26-12-23-8-7-18(29-23)19(20(23)22(26)28)21(27)25(4)11-17-10-15(3)24-30-17/h5-10,18-20H,11-12H2,1-4H3/t18-,19+,20+,23-/m0/s1. The molecule has 3 aliphatic rings. The first-order valence-electron chi connectivity index (χ1n) is 10.2. The van der Waals surface area contributed by atoms with Gasteiger partial charge >= 0.3 is 0 Å². The maximum Gasteiger partial charge on any atom is 0.234 e. The minimum absolute atomic E-state index is 0.0487. The number of aromatic nitrogens is 1. The Kier molecular flexibility index (Phi) is 4.15. The van der Waals surface area contributed by atoms with Crippen LogP contribution in [0.3, 0.4) is 0 Å². The van der Waals surface area contributed by atoms with Gasteiger partial charge in [0.25, 0.3) is 0 Å². The molecule has 2 fully saturated rings. The average molecular weight is 407 g/mol. The van der Waals surface area contributed by atoms with E-state index in [2.05, 4.69) is 5.16 Å². The highest BCUT2D eigenvalue weighted by Gasteiger charge is 2.67. The van der Waals surface area contributed by atoms with E-state index in [0.29, 0.717) is 18.8 Å². The highest BCUT2D eigenvalue weighted by molar-refractivity contribution is 6.03. The summed E-state index contributed by atoms with van der Waals surface area (Å²) >= 11 is 0. The van der Waals surface area contributed by atoms with Gasteiger partial charge in [-0.25, -0.2) is 0 Å². The van der Waals surface area contributed by atoms with Gasteiger partial charge in [-0.15, -0.1) is 0 Å². The van der Waals surface area contributed by atoms with E-state index in [9.17, 15) is 9.59 Å². The molecule has 4 heterocycles. The summed E-state index contributed by atoms with van der Waals surface area (Å²) in [5.74, 6) is -0.589. The van der Waals surface area contributed by atoms with Gasteiger partial charge in [0.05, 0.1) is 36.7 Å². The van der Waals surface area contributed by atoms with Gasteiger partial charge in [-0.05, 0) is 44.0 Å². The molecule has 1 aromatic carbocycles. The van der Waals surface area contributed by atoms with Gasteiger partial charge in [-0.2, -0.15) is 0 Å². The molecule has 2 aromatic rings. The number of fused-ring (bicyclic) bond motifs is 1. The molecule has 0 N–H and O–H groups in total. The topological polar surface area (TPSA) is 75.9 Å². The molecule has 7 heteroatoms. The summed E-state index contributed by atoms with van der Waals surface area (Å²) in [6.45, 7) is 6.66. The van der Waals surface area contributed by atoms with Crippen molar-refractivity contribution in [3.63, 3.8) is 0 Å². The van der Waals surface area contributed by atoms with Crippen LogP contribution < -0.4 is 4.90 Å². The first kappa shape index (κ1) is 19.1. The smallest absolute Gasteiger partial charge is 0.234 e. The molecule has 7 nitrogen and oxygen atoms in total. The fourth-order valence-corrected chi connectivity index (χ4v) is 4.95. The number of amides is 2. The Balaban J connectivity index is 1.42. The third-order valence-corrected chi connectivity index (χ3v) is 6.63. The van der Waals surface area contributed by atoms with Crippen molar-refractivity contribution < 1.29 is 18.8 Å². The van der Waals surface area contributed by atoms with Crippen LogP contribution >= 0.6 is 0 Å². The SMILES string of the molecule is Cc1cc(CN(C)C(=O)[C@@H]2[C@@H]3C=C[C@@]4(CN(c5ccc(C)c(C)c5)C(=O)[C@@H]24)O3)on1. The largest absolute Gasteiger partial charge is 0.360 e. The summed E-state index contributed by atoms with van der Waals surface area (Å²) < 4.78 is 11.5. The summed E-state index contributed by atoms with van der Waals surface area (Å²) in [5, 5.41) is 3.88. The molecule has 1 spiro atoms. The zero-order valence-corrected chi connectivity index (χ0v) is 17.6. The number of nitrogens with zero attached hydrogens (tertiary/aromatic N) is 3. The van der Waals surface area contributed by atoms with Gasteiger partial charge in [-0.3, -0.25) is 9.59 Å². The number of rotatable bonds is 4.